The summed E-state index contributed by atoms with van der Waals surface area (Å²) < 4.78 is 0. The van der Waals surface area contributed by atoms with Gasteiger partial charge in [-0.15, -0.1) is 11.3 Å². The first-order valence-electron chi connectivity index (χ1n) is 7.23. The Bertz CT molecular complexity index is 545. The average Bonchev–Trinajstić information content (AvgIpc) is 2.78. The van der Waals surface area contributed by atoms with Crippen LogP contribution in [0.5, 0.6) is 0 Å². The monoisotopic (exact) mass is 307 g/mol. The van der Waals surface area contributed by atoms with Crippen LogP contribution in [0.15, 0.2) is 29.6 Å². The molecule has 0 aliphatic carbocycles. The van der Waals surface area contributed by atoms with Crippen molar-refractivity contribution in [2.45, 2.75) is 39.7 Å². The van der Waals surface area contributed by atoms with E-state index in [-0.39, 0.29) is 6.04 Å². The van der Waals surface area contributed by atoms with Gasteiger partial charge in [0.25, 0.3) is 0 Å². The van der Waals surface area contributed by atoms with Crippen LogP contribution in [0.3, 0.4) is 0 Å². The predicted molar refractivity (Wildman–Crippen MR) is 90.0 cm³/mol. The maximum Gasteiger partial charge on any atom is 0.0686 e. The molecule has 0 amide bonds. The lowest BCUT2D eigenvalue weighted by Gasteiger charge is -2.18. The Balaban J connectivity index is 2.30. The highest BCUT2D eigenvalue weighted by Crippen LogP contribution is 2.35. The molecule has 1 aromatic heterocycles. The van der Waals surface area contributed by atoms with Crippen molar-refractivity contribution >= 4 is 22.9 Å². The van der Waals surface area contributed by atoms with Gasteiger partial charge in [0.15, 0.2) is 0 Å². The van der Waals surface area contributed by atoms with Crippen molar-refractivity contribution in [2.24, 2.45) is 0 Å². The Kier molecular flexibility index (Phi) is 5.64. The molecule has 20 heavy (non-hydrogen) atoms. The molecule has 0 aliphatic heterocycles. The van der Waals surface area contributed by atoms with E-state index in [4.69, 9.17) is 11.6 Å². The Morgan fingerprint density at radius 2 is 1.90 bits per heavy atom. The zero-order chi connectivity index (χ0) is 14.5. The maximum absolute atomic E-state index is 6.44. The van der Waals surface area contributed by atoms with Crippen LogP contribution in [-0.4, -0.2) is 6.54 Å². The van der Waals surface area contributed by atoms with Gasteiger partial charge in [-0.3, -0.25) is 0 Å². The first-order chi connectivity index (χ1) is 9.67. The molecule has 1 heterocycles. The smallest absolute Gasteiger partial charge is 0.0686 e. The fourth-order valence-corrected chi connectivity index (χ4v) is 3.78. The predicted octanol–water partition coefficient (Wildman–Crippen LogP) is 5.36. The summed E-state index contributed by atoms with van der Waals surface area (Å²) in [5, 5.41) is 6.58. The highest BCUT2D eigenvalue weighted by Gasteiger charge is 2.19. The zero-order valence-corrected chi connectivity index (χ0v) is 13.9. The normalized spacial score (nSPS) is 12.6. The second kappa shape index (κ2) is 7.26. The highest BCUT2D eigenvalue weighted by atomic mass is 35.5. The van der Waals surface area contributed by atoms with E-state index in [2.05, 4.69) is 55.7 Å². The van der Waals surface area contributed by atoms with E-state index in [1.54, 1.807) is 11.3 Å². The molecule has 0 saturated heterocycles. The SMILES string of the molecule is CCCc1ccc(C(NCC)c2scc(C)c2Cl)cc1. The number of thiophene rings is 1. The van der Waals surface area contributed by atoms with Crippen molar-refractivity contribution in [3.63, 3.8) is 0 Å². The lowest BCUT2D eigenvalue weighted by atomic mass is 10.0. The van der Waals surface area contributed by atoms with Crippen molar-refractivity contribution in [1.29, 1.82) is 0 Å². The van der Waals surface area contributed by atoms with Crippen LogP contribution in [0, 0.1) is 6.92 Å². The van der Waals surface area contributed by atoms with E-state index in [0.29, 0.717) is 0 Å². The molecule has 108 valence electrons. The number of halogens is 1. The number of hydrogen-bond donors (Lipinski definition) is 1. The molecule has 1 atom stereocenters. The molecule has 3 heteroatoms. The van der Waals surface area contributed by atoms with Gasteiger partial charge in [0.05, 0.1) is 11.1 Å². The molecule has 2 aromatic rings. The first kappa shape index (κ1) is 15.6. The van der Waals surface area contributed by atoms with Crippen LogP contribution >= 0.6 is 22.9 Å². The molecule has 1 nitrogen and oxygen atoms in total. The summed E-state index contributed by atoms with van der Waals surface area (Å²) in [7, 11) is 0. The summed E-state index contributed by atoms with van der Waals surface area (Å²) in [4.78, 5) is 1.22. The molecular weight excluding hydrogens is 286 g/mol. The Labute approximate surface area is 131 Å². The Hall–Kier alpha value is -0.830. The van der Waals surface area contributed by atoms with E-state index in [1.807, 2.05) is 0 Å². The van der Waals surface area contributed by atoms with Gasteiger partial charge in [-0.1, -0.05) is 56.1 Å². The number of hydrogen-bond acceptors (Lipinski definition) is 2. The lowest BCUT2D eigenvalue weighted by molar-refractivity contribution is 0.639. The summed E-state index contributed by atoms with van der Waals surface area (Å²) in [5.41, 5.74) is 3.85. The van der Waals surface area contributed by atoms with E-state index >= 15 is 0 Å². The molecule has 0 radical (unpaired) electrons. The Morgan fingerprint density at radius 3 is 2.40 bits per heavy atom. The minimum Gasteiger partial charge on any atom is -0.306 e. The third-order valence-corrected chi connectivity index (χ3v) is 5.23. The summed E-state index contributed by atoms with van der Waals surface area (Å²) in [6.07, 6.45) is 2.33. The summed E-state index contributed by atoms with van der Waals surface area (Å²) >= 11 is 8.18. The third-order valence-electron chi connectivity index (χ3n) is 3.45. The van der Waals surface area contributed by atoms with Gasteiger partial charge in [0.1, 0.15) is 0 Å². The van der Waals surface area contributed by atoms with Crippen LogP contribution in [0.1, 0.15) is 47.9 Å². The van der Waals surface area contributed by atoms with Crippen molar-refractivity contribution in [1.82, 2.24) is 5.32 Å². The molecule has 0 spiro atoms. The quantitative estimate of drug-likeness (QED) is 0.757. The average molecular weight is 308 g/mol. The van der Waals surface area contributed by atoms with Crippen LogP contribution in [0.25, 0.3) is 0 Å². The maximum atomic E-state index is 6.44. The molecule has 1 unspecified atom stereocenters. The van der Waals surface area contributed by atoms with Gasteiger partial charge in [0, 0.05) is 4.88 Å². The van der Waals surface area contributed by atoms with E-state index in [0.717, 1.165) is 23.6 Å². The molecule has 0 bridgehead atoms. The fraction of sp³-hybridized carbons (Fsp3) is 0.412. The molecule has 2 rings (SSSR count). The van der Waals surface area contributed by atoms with Crippen LogP contribution in [0.4, 0.5) is 0 Å². The second-order valence-electron chi connectivity index (χ2n) is 5.08. The van der Waals surface area contributed by atoms with Gasteiger partial charge >= 0.3 is 0 Å². The molecule has 1 aromatic carbocycles. The lowest BCUT2D eigenvalue weighted by Crippen LogP contribution is -2.21. The largest absolute Gasteiger partial charge is 0.306 e. The third kappa shape index (κ3) is 3.43. The van der Waals surface area contributed by atoms with Gasteiger partial charge < -0.3 is 5.32 Å². The van der Waals surface area contributed by atoms with Crippen molar-refractivity contribution in [3.05, 3.63) is 56.2 Å². The molecule has 0 fully saturated rings. The molecular formula is C17H22ClNS. The van der Waals surface area contributed by atoms with Crippen LogP contribution < -0.4 is 5.32 Å². The number of nitrogens with one attached hydrogen (secondary N) is 1. The minimum atomic E-state index is 0.196. The second-order valence-corrected chi connectivity index (χ2v) is 6.37. The highest BCUT2D eigenvalue weighted by molar-refractivity contribution is 7.10. The summed E-state index contributed by atoms with van der Waals surface area (Å²) in [5.74, 6) is 0. The van der Waals surface area contributed by atoms with Gasteiger partial charge in [-0.2, -0.15) is 0 Å². The molecule has 0 saturated carbocycles. The van der Waals surface area contributed by atoms with Crippen LogP contribution in [0.2, 0.25) is 5.02 Å². The van der Waals surface area contributed by atoms with E-state index in [9.17, 15) is 0 Å². The number of benzene rings is 1. The molecule has 1 N–H and O–H groups in total. The number of rotatable bonds is 6. The first-order valence-corrected chi connectivity index (χ1v) is 8.48. The summed E-state index contributed by atoms with van der Waals surface area (Å²) in [6.45, 7) is 7.33. The van der Waals surface area contributed by atoms with E-state index < -0.39 is 0 Å². The van der Waals surface area contributed by atoms with Crippen molar-refractivity contribution < 1.29 is 0 Å². The summed E-state index contributed by atoms with van der Waals surface area (Å²) in [6, 6.07) is 9.12. The van der Waals surface area contributed by atoms with Gasteiger partial charge in [-0.25, -0.2) is 0 Å². The van der Waals surface area contributed by atoms with Gasteiger partial charge in [0.2, 0.25) is 0 Å². The minimum absolute atomic E-state index is 0.196. The standard InChI is InChI=1S/C17H22ClNS/c1-4-6-13-7-9-14(10-8-13)16(19-5-2)17-15(18)12(3)11-20-17/h7-11,16,19H,4-6H2,1-3H3. The fourth-order valence-electron chi connectivity index (χ4n) is 2.38. The van der Waals surface area contributed by atoms with Crippen LogP contribution in [-0.2, 0) is 6.42 Å². The zero-order valence-electron chi connectivity index (χ0n) is 12.4. The Morgan fingerprint density at radius 1 is 1.20 bits per heavy atom. The van der Waals surface area contributed by atoms with Gasteiger partial charge in [-0.05, 0) is 42.0 Å². The van der Waals surface area contributed by atoms with Crippen molar-refractivity contribution in [2.75, 3.05) is 6.54 Å². The topological polar surface area (TPSA) is 12.0 Å². The van der Waals surface area contributed by atoms with E-state index in [1.165, 1.54) is 22.4 Å². The number of aryl methyl sites for hydroxylation is 2. The molecule has 0 aliphatic rings. The van der Waals surface area contributed by atoms with Crippen molar-refractivity contribution in [3.8, 4) is 0 Å².